The fraction of sp³-hybridized carbons (Fsp3) is 0.632. The average Bonchev–Trinajstić information content (AvgIpc) is 3.06. The molecule has 140 valence electrons. The summed E-state index contributed by atoms with van der Waals surface area (Å²) in [6.45, 7) is 8.78. The molecule has 6 nitrogen and oxygen atoms in total. The molecule has 0 amide bonds. The summed E-state index contributed by atoms with van der Waals surface area (Å²) in [4.78, 5) is 9.44. The zero-order valence-corrected chi connectivity index (χ0v) is 16.0. The smallest absolute Gasteiger partial charge is 0.194 e. The Bertz CT molecular complexity index is 577. The van der Waals surface area contributed by atoms with Crippen molar-refractivity contribution in [3.63, 3.8) is 0 Å². The normalized spacial score (nSPS) is 18.4. The molecule has 0 aliphatic carbocycles. The monoisotopic (exact) mass is 348 g/mol. The lowest BCUT2D eigenvalue weighted by Crippen LogP contribution is -2.45. The summed E-state index contributed by atoms with van der Waals surface area (Å²) in [7, 11) is 3.71. The van der Waals surface area contributed by atoms with E-state index < -0.39 is 0 Å². The van der Waals surface area contributed by atoms with Crippen LogP contribution in [0.4, 0.5) is 0 Å². The van der Waals surface area contributed by atoms with Gasteiger partial charge < -0.3 is 20.1 Å². The lowest BCUT2D eigenvalue weighted by Gasteiger charge is -2.29. The van der Waals surface area contributed by atoms with Crippen LogP contribution in [0.3, 0.4) is 0 Å². The van der Waals surface area contributed by atoms with E-state index in [0.29, 0.717) is 12.6 Å². The molecule has 0 spiro atoms. The third-order valence-electron chi connectivity index (χ3n) is 4.77. The molecule has 1 unspecified atom stereocenters. The highest BCUT2D eigenvalue weighted by Gasteiger charge is 2.24. The number of hydrogen-bond donors (Lipinski definition) is 2. The van der Waals surface area contributed by atoms with E-state index in [2.05, 4.69) is 36.0 Å². The minimum atomic E-state index is 0.246. The van der Waals surface area contributed by atoms with Gasteiger partial charge in [0.25, 0.3) is 0 Å². The number of methoxy groups -OCH3 is 1. The minimum Gasteiger partial charge on any atom is -0.508 e. The van der Waals surface area contributed by atoms with E-state index in [1.54, 1.807) is 19.2 Å². The number of phenolic OH excluding ortho intramolecular Hbond substituents is 1. The van der Waals surface area contributed by atoms with Crippen LogP contribution in [0, 0.1) is 0 Å². The Hall–Kier alpha value is -1.95. The third-order valence-corrected chi connectivity index (χ3v) is 4.77. The van der Waals surface area contributed by atoms with Gasteiger partial charge in [0, 0.05) is 31.7 Å². The van der Waals surface area contributed by atoms with Gasteiger partial charge in [-0.05, 0) is 51.1 Å². The fourth-order valence-electron chi connectivity index (χ4n) is 3.37. The number of likely N-dealkylation sites (tertiary alicyclic amines) is 1. The maximum Gasteiger partial charge on any atom is 0.194 e. The van der Waals surface area contributed by atoms with Gasteiger partial charge in [0.15, 0.2) is 5.96 Å². The number of nitrogens with one attached hydrogen (secondary N) is 1. The SMILES string of the molecule is CCNC(=NCc1cc(OC)ccc1O)N(C)CC1CCCN1CC. The maximum atomic E-state index is 10.0. The second-order valence-electron chi connectivity index (χ2n) is 6.47. The number of aliphatic imine (C=N–C) groups is 1. The van der Waals surface area contributed by atoms with E-state index in [9.17, 15) is 5.11 Å². The van der Waals surface area contributed by atoms with Crippen molar-refractivity contribution in [2.75, 3.05) is 40.3 Å². The molecule has 1 saturated heterocycles. The van der Waals surface area contributed by atoms with Crippen LogP contribution in [-0.2, 0) is 6.54 Å². The lowest BCUT2D eigenvalue weighted by atomic mass is 10.2. The highest BCUT2D eigenvalue weighted by Crippen LogP contribution is 2.23. The molecular formula is C19H32N4O2. The van der Waals surface area contributed by atoms with Gasteiger partial charge in [0.2, 0.25) is 0 Å². The van der Waals surface area contributed by atoms with E-state index in [1.807, 2.05) is 6.07 Å². The molecule has 0 aromatic heterocycles. The molecule has 2 rings (SSSR count). The van der Waals surface area contributed by atoms with Crippen molar-refractivity contribution < 1.29 is 9.84 Å². The average molecular weight is 348 g/mol. The Morgan fingerprint density at radius 1 is 1.44 bits per heavy atom. The van der Waals surface area contributed by atoms with E-state index >= 15 is 0 Å². The zero-order valence-electron chi connectivity index (χ0n) is 16.0. The predicted octanol–water partition coefficient (Wildman–Crippen LogP) is 2.28. The standard InChI is InChI=1S/C19H32N4O2/c1-5-20-19(22(3)14-16-8-7-11-23(16)6-2)21-13-15-12-17(25-4)9-10-18(15)24/h9-10,12,16,24H,5-8,11,13-14H2,1-4H3,(H,20,21). The van der Waals surface area contributed by atoms with Gasteiger partial charge in [0.1, 0.15) is 11.5 Å². The third kappa shape index (κ3) is 5.26. The number of guanidine groups is 1. The first kappa shape index (κ1) is 19.4. The van der Waals surface area contributed by atoms with Gasteiger partial charge in [0.05, 0.1) is 13.7 Å². The molecule has 2 N–H and O–H groups in total. The Morgan fingerprint density at radius 2 is 2.24 bits per heavy atom. The van der Waals surface area contributed by atoms with Gasteiger partial charge in [-0.2, -0.15) is 0 Å². The summed E-state index contributed by atoms with van der Waals surface area (Å²) in [5.74, 6) is 1.84. The molecule has 1 fully saturated rings. The van der Waals surface area contributed by atoms with Gasteiger partial charge in [-0.3, -0.25) is 4.90 Å². The van der Waals surface area contributed by atoms with Gasteiger partial charge >= 0.3 is 0 Å². The second kappa shape index (κ2) is 9.51. The van der Waals surface area contributed by atoms with Crippen molar-refractivity contribution in [2.24, 2.45) is 4.99 Å². The van der Waals surface area contributed by atoms with Crippen LogP contribution in [-0.4, -0.2) is 67.2 Å². The van der Waals surface area contributed by atoms with Crippen molar-refractivity contribution in [3.05, 3.63) is 23.8 Å². The van der Waals surface area contributed by atoms with Crippen LogP contribution < -0.4 is 10.1 Å². The first-order chi connectivity index (χ1) is 12.1. The van der Waals surface area contributed by atoms with Gasteiger partial charge in [-0.1, -0.05) is 6.92 Å². The van der Waals surface area contributed by atoms with Crippen LogP contribution in [0.15, 0.2) is 23.2 Å². The van der Waals surface area contributed by atoms with Crippen molar-refractivity contribution in [1.29, 1.82) is 0 Å². The molecule has 6 heteroatoms. The van der Waals surface area contributed by atoms with Crippen molar-refractivity contribution in [2.45, 2.75) is 39.3 Å². The predicted molar refractivity (Wildman–Crippen MR) is 102 cm³/mol. The molecule has 0 radical (unpaired) electrons. The Kier molecular flexibility index (Phi) is 7.37. The van der Waals surface area contributed by atoms with E-state index in [1.165, 1.54) is 19.4 Å². The Morgan fingerprint density at radius 3 is 2.92 bits per heavy atom. The quantitative estimate of drug-likeness (QED) is 0.585. The van der Waals surface area contributed by atoms with Gasteiger partial charge in [-0.25, -0.2) is 4.99 Å². The highest BCUT2D eigenvalue weighted by molar-refractivity contribution is 5.79. The number of likely N-dealkylation sites (N-methyl/N-ethyl adjacent to an activating group) is 2. The number of nitrogens with zero attached hydrogens (tertiary/aromatic N) is 3. The van der Waals surface area contributed by atoms with Crippen LogP contribution in [0.1, 0.15) is 32.3 Å². The summed E-state index contributed by atoms with van der Waals surface area (Å²) in [6.07, 6.45) is 2.52. The van der Waals surface area contributed by atoms with Gasteiger partial charge in [-0.15, -0.1) is 0 Å². The van der Waals surface area contributed by atoms with Crippen LogP contribution >= 0.6 is 0 Å². The first-order valence-electron chi connectivity index (χ1n) is 9.18. The summed E-state index contributed by atoms with van der Waals surface area (Å²) in [5, 5.41) is 13.4. The van der Waals surface area contributed by atoms with Crippen LogP contribution in [0.5, 0.6) is 11.5 Å². The first-order valence-corrected chi connectivity index (χ1v) is 9.18. The Balaban J connectivity index is 2.07. The molecule has 1 aromatic rings. The molecule has 1 aliphatic rings. The molecule has 1 aromatic carbocycles. The van der Waals surface area contributed by atoms with Crippen LogP contribution in [0.2, 0.25) is 0 Å². The van der Waals surface area contributed by atoms with Crippen molar-refractivity contribution >= 4 is 5.96 Å². The summed E-state index contributed by atoms with van der Waals surface area (Å²) < 4.78 is 5.23. The molecule has 0 saturated carbocycles. The highest BCUT2D eigenvalue weighted by atomic mass is 16.5. The largest absolute Gasteiger partial charge is 0.508 e. The molecule has 1 aliphatic heterocycles. The van der Waals surface area contributed by atoms with E-state index in [0.717, 1.165) is 36.9 Å². The topological polar surface area (TPSA) is 60.3 Å². The van der Waals surface area contributed by atoms with E-state index in [-0.39, 0.29) is 5.75 Å². The molecular weight excluding hydrogens is 316 g/mol. The van der Waals surface area contributed by atoms with Crippen molar-refractivity contribution in [1.82, 2.24) is 15.1 Å². The summed E-state index contributed by atoms with van der Waals surface area (Å²) in [6, 6.07) is 5.82. The molecule has 1 atom stereocenters. The lowest BCUT2D eigenvalue weighted by molar-refractivity contribution is 0.232. The Labute approximate surface area is 151 Å². The number of ether oxygens (including phenoxy) is 1. The summed E-state index contributed by atoms with van der Waals surface area (Å²) >= 11 is 0. The van der Waals surface area contributed by atoms with Crippen LogP contribution in [0.25, 0.3) is 0 Å². The second-order valence-corrected chi connectivity index (χ2v) is 6.47. The fourth-order valence-corrected chi connectivity index (χ4v) is 3.37. The van der Waals surface area contributed by atoms with E-state index in [4.69, 9.17) is 9.73 Å². The number of phenols is 1. The molecule has 1 heterocycles. The summed E-state index contributed by atoms with van der Waals surface area (Å²) in [5.41, 5.74) is 0.763. The number of rotatable bonds is 7. The number of aromatic hydroxyl groups is 1. The molecule has 0 bridgehead atoms. The molecule has 25 heavy (non-hydrogen) atoms. The number of benzene rings is 1. The zero-order chi connectivity index (χ0) is 18.2. The number of hydrogen-bond acceptors (Lipinski definition) is 4. The minimum absolute atomic E-state index is 0.246. The maximum absolute atomic E-state index is 10.0. The van der Waals surface area contributed by atoms with Crippen molar-refractivity contribution in [3.8, 4) is 11.5 Å².